The number of methoxy groups -OCH3 is 1. The molecule has 1 heterocycles. The fraction of sp³-hybridized carbons (Fsp3) is 0.312. The Labute approximate surface area is 139 Å². The van der Waals surface area contributed by atoms with E-state index < -0.39 is 5.97 Å². The van der Waals surface area contributed by atoms with Crippen molar-refractivity contribution in [2.24, 2.45) is 0 Å². The second kappa shape index (κ2) is 7.85. The number of benzene rings is 1. The summed E-state index contributed by atoms with van der Waals surface area (Å²) in [4.78, 5) is 30.0. The highest BCUT2D eigenvalue weighted by Gasteiger charge is 2.10. The van der Waals surface area contributed by atoms with Crippen LogP contribution in [0.15, 0.2) is 29.6 Å². The van der Waals surface area contributed by atoms with Crippen LogP contribution in [0.2, 0.25) is 0 Å². The number of esters is 1. The van der Waals surface area contributed by atoms with Crippen LogP contribution in [0.3, 0.4) is 0 Å². The number of amides is 1. The van der Waals surface area contributed by atoms with Crippen molar-refractivity contribution in [3.63, 3.8) is 0 Å². The Balaban J connectivity index is 1.97. The Hall–Kier alpha value is -2.25. The third-order valence-corrected chi connectivity index (χ3v) is 3.84. The summed E-state index contributed by atoms with van der Waals surface area (Å²) < 4.78 is 4.66. The minimum atomic E-state index is -0.436. The topological polar surface area (TPSA) is 71.5 Å². The van der Waals surface area contributed by atoms with Crippen molar-refractivity contribution < 1.29 is 14.3 Å². The number of carbonyl (C=O) groups excluding carboxylic acids is 2. The minimum absolute atomic E-state index is 0.172. The van der Waals surface area contributed by atoms with Crippen molar-refractivity contribution in [2.75, 3.05) is 26.5 Å². The number of rotatable bonds is 6. The van der Waals surface area contributed by atoms with Crippen LogP contribution in [0.25, 0.3) is 0 Å². The van der Waals surface area contributed by atoms with Crippen molar-refractivity contribution >= 4 is 28.9 Å². The van der Waals surface area contributed by atoms with Crippen LogP contribution in [-0.2, 0) is 22.5 Å². The molecular weight excluding hydrogens is 314 g/mol. The molecule has 0 atom stereocenters. The molecule has 7 heteroatoms. The maximum Gasteiger partial charge on any atom is 0.337 e. The molecule has 23 heavy (non-hydrogen) atoms. The van der Waals surface area contributed by atoms with Crippen LogP contribution < -0.4 is 5.32 Å². The summed E-state index contributed by atoms with van der Waals surface area (Å²) in [6.07, 6.45) is 0.201. The first-order valence-electron chi connectivity index (χ1n) is 7.04. The number of thiazole rings is 1. The second-order valence-electron chi connectivity index (χ2n) is 5.27. The molecule has 2 rings (SSSR count). The molecule has 1 aromatic carbocycles. The summed E-state index contributed by atoms with van der Waals surface area (Å²) in [5.41, 5.74) is 1.70. The Bertz CT molecular complexity index is 697. The molecule has 0 unspecified atom stereocenters. The maximum atomic E-state index is 12.1. The third-order valence-electron chi connectivity index (χ3n) is 2.96. The summed E-state index contributed by atoms with van der Waals surface area (Å²) in [5, 5.41) is 5.64. The zero-order valence-corrected chi connectivity index (χ0v) is 14.1. The molecule has 0 spiro atoms. The normalized spacial score (nSPS) is 10.6. The van der Waals surface area contributed by atoms with Gasteiger partial charge in [0.1, 0.15) is 5.01 Å². The molecule has 0 aliphatic carbocycles. The quantitative estimate of drug-likeness (QED) is 0.820. The summed E-state index contributed by atoms with van der Waals surface area (Å²) in [7, 11) is 5.27. The van der Waals surface area contributed by atoms with E-state index >= 15 is 0 Å². The first-order chi connectivity index (χ1) is 11.0. The average molecular weight is 333 g/mol. The van der Waals surface area contributed by atoms with E-state index in [2.05, 4.69) is 15.0 Å². The summed E-state index contributed by atoms with van der Waals surface area (Å²) in [6, 6.07) is 6.64. The highest BCUT2D eigenvalue weighted by atomic mass is 32.1. The van der Waals surface area contributed by atoms with Crippen LogP contribution >= 0.6 is 11.3 Å². The molecule has 1 aromatic heterocycles. The molecule has 1 amide bonds. The van der Waals surface area contributed by atoms with E-state index in [4.69, 9.17) is 0 Å². The van der Waals surface area contributed by atoms with Crippen LogP contribution in [0.1, 0.15) is 21.1 Å². The van der Waals surface area contributed by atoms with Gasteiger partial charge >= 0.3 is 5.97 Å². The second-order valence-corrected chi connectivity index (χ2v) is 6.21. The number of nitrogens with one attached hydrogen (secondary N) is 1. The highest BCUT2D eigenvalue weighted by molar-refractivity contribution is 7.09. The average Bonchev–Trinajstić information content (AvgIpc) is 2.92. The molecule has 0 aliphatic rings. The number of hydrogen-bond acceptors (Lipinski definition) is 6. The largest absolute Gasteiger partial charge is 0.465 e. The van der Waals surface area contributed by atoms with E-state index in [-0.39, 0.29) is 12.3 Å². The van der Waals surface area contributed by atoms with Gasteiger partial charge in [0, 0.05) is 17.6 Å². The van der Waals surface area contributed by atoms with Crippen LogP contribution in [-0.4, -0.2) is 43.0 Å². The molecule has 2 aromatic rings. The van der Waals surface area contributed by atoms with Gasteiger partial charge in [-0.3, -0.25) is 4.79 Å². The maximum absolute atomic E-state index is 12.1. The molecule has 0 fully saturated rings. The zero-order chi connectivity index (χ0) is 16.8. The van der Waals surface area contributed by atoms with E-state index in [1.54, 1.807) is 35.6 Å². The lowest BCUT2D eigenvalue weighted by Gasteiger charge is -2.06. The molecule has 0 saturated heterocycles. The Morgan fingerprint density at radius 2 is 2.13 bits per heavy atom. The minimum Gasteiger partial charge on any atom is -0.465 e. The van der Waals surface area contributed by atoms with Crippen molar-refractivity contribution in [1.29, 1.82) is 0 Å². The lowest BCUT2D eigenvalue weighted by Crippen LogP contribution is -2.15. The number of anilines is 1. The predicted octanol–water partition coefficient (Wildman–Crippen LogP) is 2.17. The monoisotopic (exact) mass is 333 g/mol. The van der Waals surface area contributed by atoms with Crippen LogP contribution in [0.5, 0.6) is 0 Å². The van der Waals surface area contributed by atoms with Crippen molar-refractivity contribution in [2.45, 2.75) is 13.0 Å². The number of nitrogens with zero attached hydrogens (tertiary/aromatic N) is 2. The van der Waals surface area contributed by atoms with Gasteiger partial charge in [0.2, 0.25) is 5.91 Å². The van der Waals surface area contributed by atoms with Crippen LogP contribution in [0, 0.1) is 0 Å². The van der Waals surface area contributed by atoms with Gasteiger partial charge in [0.25, 0.3) is 0 Å². The molecule has 0 saturated carbocycles. The smallest absolute Gasteiger partial charge is 0.337 e. The molecule has 0 radical (unpaired) electrons. The number of ether oxygens (including phenoxy) is 1. The molecule has 0 bridgehead atoms. The van der Waals surface area contributed by atoms with Gasteiger partial charge in [-0.15, -0.1) is 11.3 Å². The first kappa shape index (κ1) is 17.1. The van der Waals surface area contributed by atoms with Gasteiger partial charge in [0.05, 0.1) is 24.8 Å². The highest BCUT2D eigenvalue weighted by Crippen LogP contribution is 2.14. The van der Waals surface area contributed by atoms with Gasteiger partial charge in [-0.1, -0.05) is 6.07 Å². The molecule has 122 valence electrons. The summed E-state index contributed by atoms with van der Waals surface area (Å²) >= 11 is 1.54. The Kier molecular flexibility index (Phi) is 5.84. The van der Waals surface area contributed by atoms with Gasteiger partial charge < -0.3 is 15.0 Å². The SMILES string of the molecule is COC(=O)c1cccc(NC(=O)Cc2csc(CN(C)C)n2)c1. The van der Waals surface area contributed by atoms with E-state index in [0.717, 1.165) is 17.2 Å². The van der Waals surface area contributed by atoms with Crippen molar-refractivity contribution in [3.8, 4) is 0 Å². The third kappa shape index (κ3) is 5.15. The van der Waals surface area contributed by atoms with Gasteiger partial charge in [-0.05, 0) is 32.3 Å². The van der Waals surface area contributed by atoms with E-state index in [9.17, 15) is 9.59 Å². The van der Waals surface area contributed by atoms with E-state index in [0.29, 0.717) is 11.3 Å². The van der Waals surface area contributed by atoms with Crippen LogP contribution in [0.4, 0.5) is 5.69 Å². The Morgan fingerprint density at radius 3 is 2.83 bits per heavy atom. The van der Waals surface area contributed by atoms with Gasteiger partial charge in [0.15, 0.2) is 0 Å². The number of hydrogen-bond donors (Lipinski definition) is 1. The first-order valence-corrected chi connectivity index (χ1v) is 7.92. The zero-order valence-electron chi connectivity index (χ0n) is 13.3. The predicted molar refractivity (Wildman–Crippen MR) is 89.6 cm³/mol. The van der Waals surface area contributed by atoms with Gasteiger partial charge in [-0.2, -0.15) is 0 Å². The summed E-state index contributed by atoms with van der Waals surface area (Å²) in [6.45, 7) is 0.757. The Morgan fingerprint density at radius 1 is 1.35 bits per heavy atom. The fourth-order valence-corrected chi connectivity index (χ4v) is 2.90. The molecule has 0 aliphatic heterocycles. The molecule has 1 N–H and O–H groups in total. The lowest BCUT2D eigenvalue weighted by atomic mass is 10.2. The lowest BCUT2D eigenvalue weighted by molar-refractivity contribution is -0.115. The molecule has 6 nitrogen and oxygen atoms in total. The standard InChI is InChI=1S/C16H19N3O3S/c1-19(2)9-15-18-13(10-23-15)8-14(20)17-12-6-4-5-11(7-12)16(21)22-3/h4-7,10H,8-9H2,1-3H3,(H,17,20). The number of carbonyl (C=O) groups is 2. The summed E-state index contributed by atoms with van der Waals surface area (Å²) in [5.74, 6) is -0.609. The van der Waals surface area contributed by atoms with E-state index in [1.807, 2.05) is 24.4 Å². The fourth-order valence-electron chi connectivity index (χ4n) is 1.98. The van der Waals surface area contributed by atoms with Gasteiger partial charge in [-0.25, -0.2) is 9.78 Å². The molecular formula is C16H19N3O3S. The van der Waals surface area contributed by atoms with Crippen molar-refractivity contribution in [1.82, 2.24) is 9.88 Å². The number of aromatic nitrogens is 1. The van der Waals surface area contributed by atoms with Crippen molar-refractivity contribution in [3.05, 3.63) is 45.9 Å². The van der Waals surface area contributed by atoms with E-state index in [1.165, 1.54) is 7.11 Å².